The summed E-state index contributed by atoms with van der Waals surface area (Å²) in [5.41, 5.74) is 2.13. The molecule has 0 unspecified atom stereocenters. The fourth-order valence-electron chi connectivity index (χ4n) is 3.26. The van der Waals surface area contributed by atoms with Crippen molar-refractivity contribution in [3.05, 3.63) is 77.3 Å². The Bertz CT molecular complexity index is 1150. The number of fused-ring (bicyclic) bond motifs is 2. The van der Waals surface area contributed by atoms with Crippen LogP contribution in [0.2, 0.25) is 0 Å². The molecule has 0 amide bonds. The largest absolute Gasteiger partial charge is 0.224 e. The molecule has 0 saturated heterocycles. The maximum absolute atomic E-state index is 11.7. The minimum atomic E-state index is -3.20. The minimum absolute atomic E-state index is 0.335. The molecule has 0 aliphatic rings. The maximum atomic E-state index is 11.7. The first-order valence-electron chi connectivity index (χ1n) is 7.86. The molecule has 0 aliphatic carbocycles. The summed E-state index contributed by atoms with van der Waals surface area (Å²) >= 11 is 3.75. The number of hydrogen-bond acceptors (Lipinski definition) is 2. The van der Waals surface area contributed by atoms with Gasteiger partial charge in [-0.1, -0.05) is 60.7 Å². The first-order valence-corrected chi connectivity index (χ1v) is 10.5. The van der Waals surface area contributed by atoms with Gasteiger partial charge < -0.3 is 0 Å². The lowest BCUT2D eigenvalue weighted by atomic mass is 9.92. The van der Waals surface area contributed by atoms with E-state index in [4.69, 9.17) is 0 Å². The maximum Gasteiger partial charge on any atom is 0.175 e. The third-order valence-electron chi connectivity index (χ3n) is 4.44. The van der Waals surface area contributed by atoms with E-state index in [1.165, 1.54) is 6.26 Å². The lowest BCUT2D eigenvalue weighted by Crippen LogP contribution is -1.96. The molecule has 0 spiro atoms. The molecule has 25 heavy (non-hydrogen) atoms. The molecular formula is C21H15BrO2S. The van der Waals surface area contributed by atoms with Crippen LogP contribution in [0.1, 0.15) is 0 Å². The van der Waals surface area contributed by atoms with Crippen LogP contribution < -0.4 is 0 Å². The molecule has 2 nitrogen and oxygen atoms in total. The topological polar surface area (TPSA) is 34.1 Å². The van der Waals surface area contributed by atoms with E-state index < -0.39 is 9.84 Å². The molecule has 0 aromatic heterocycles. The van der Waals surface area contributed by atoms with E-state index in [9.17, 15) is 8.42 Å². The van der Waals surface area contributed by atoms with Crippen LogP contribution in [-0.2, 0) is 9.84 Å². The molecule has 4 aromatic rings. The van der Waals surface area contributed by atoms with E-state index in [1.54, 1.807) is 12.1 Å². The molecule has 124 valence electrons. The zero-order chi connectivity index (χ0) is 17.6. The zero-order valence-electron chi connectivity index (χ0n) is 13.5. The molecule has 0 saturated carbocycles. The van der Waals surface area contributed by atoms with Crippen LogP contribution in [0.5, 0.6) is 0 Å². The van der Waals surface area contributed by atoms with Crippen molar-refractivity contribution in [3.8, 4) is 11.1 Å². The van der Waals surface area contributed by atoms with E-state index in [1.807, 2.05) is 36.4 Å². The fraction of sp³-hybridized carbons (Fsp3) is 0.0476. The Labute approximate surface area is 155 Å². The SMILES string of the molecule is CS(=O)(=O)c1ccc(-c2c3ccccc3c(Br)c3ccccc23)cc1. The normalized spacial score (nSPS) is 11.9. The van der Waals surface area contributed by atoms with E-state index in [2.05, 4.69) is 40.2 Å². The monoisotopic (exact) mass is 410 g/mol. The number of rotatable bonds is 2. The van der Waals surface area contributed by atoms with Gasteiger partial charge >= 0.3 is 0 Å². The summed E-state index contributed by atoms with van der Waals surface area (Å²) in [5, 5.41) is 4.56. The van der Waals surface area contributed by atoms with Gasteiger partial charge in [0.15, 0.2) is 9.84 Å². The van der Waals surface area contributed by atoms with Gasteiger partial charge in [-0.15, -0.1) is 0 Å². The molecule has 0 heterocycles. The van der Waals surface area contributed by atoms with Gasteiger partial charge in [0, 0.05) is 10.7 Å². The molecule has 4 aromatic carbocycles. The predicted octanol–water partition coefficient (Wildman–Crippen LogP) is 5.83. The summed E-state index contributed by atoms with van der Waals surface area (Å²) in [7, 11) is -3.20. The Balaban J connectivity index is 2.11. The third-order valence-corrected chi connectivity index (χ3v) is 6.42. The summed E-state index contributed by atoms with van der Waals surface area (Å²) in [4.78, 5) is 0.335. The van der Waals surface area contributed by atoms with Crippen molar-refractivity contribution in [2.24, 2.45) is 0 Å². The molecule has 0 atom stereocenters. The number of halogens is 1. The van der Waals surface area contributed by atoms with Crippen molar-refractivity contribution in [3.63, 3.8) is 0 Å². The van der Waals surface area contributed by atoms with Crippen molar-refractivity contribution < 1.29 is 8.42 Å². The average Bonchev–Trinajstić information content (AvgIpc) is 2.62. The number of hydrogen-bond donors (Lipinski definition) is 0. The first-order chi connectivity index (χ1) is 12.0. The van der Waals surface area contributed by atoms with Crippen molar-refractivity contribution in [2.45, 2.75) is 4.90 Å². The molecule has 0 aliphatic heterocycles. The van der Waals surface area contributed by atoms with E-state index in [0.717, 1.165) is 37.1 Å². The van der Waals surface area contributed by atoms with Gasteiger partial charge in [0.1, 0.15) is 0 Å². The van der Waals surface area contributed by atoms with E-state index in [-0.39, 0.29) is 0 Å². The van der Waals surface area contributed by atoms with E-state index >= 15 is 0 Å². The highest BCUT2D eigenvalue weighted by Gasteiger charge is 2.14. The van der Waals surface area contributed by atoms with Gasteiger partial charge in [0.2, 0.25) is 0 Å². The number of benzene rings is 4. The van der Waals surface area contributed by atoms with Crippen molar-refractivity contribution >= 4 is 47.3 Å². The van der Waals surface area contributed by atoms with Crippen molar-refractivity contribution in [1.29, 1.82) is 0 Å². The summed E-state index contributed by atoms with van der Waals surface area (Å²) in [6, 6.07) is 23.6. The highest BCUT2D eigenvalue weighted by molar-refractivity contribution is 9.10. The zero-order valence-corrected chi connectivity index (χ0v) is 15.9. The van der Waals surface area contributed by atoms with Crippen molar-refractivity contribution in [2.75, 3.05) is 6.26 Å². The smallest absolute Gasteiger partial charge is 0.175 e. The second-order valence-corrected chi connectivity index (χ2v) is 8.89. The van der Waals surface area contributed by atoms with Crippen LogP contribution in [-0.4, -0.2) is 14.7 Å². The molecule has 0 bridgehead atoms. The summed E-state index contributed by atoms with van der Waals surface area (Å²) < 4.78 is 24.6. The first kappa shape index (κ1) is 16.3. The van der Waals surface area contributed by atoms with Crippen LogP contribution in [0.4, 0.5) is 0 Å². The quantitative estimate of drug-likeness (QED) is 0.389. The summed E-state index contributed by atoms with van der Waals surface area (Å²) in [6.07, 6.45) is 1.23. The lowest BCUT2D eigenvalue weighted by Gasteiger charge is -2.14. The van der Waals surface area contributed by atoms with Gasteiger partial charge in [-0.05, 0) is 60.7 Å². The Hall–Kier alpha value is -2.17. The Morgan fingerprint density at radius 2 is 1.12 bits per heavy atom. The van der Waals surface area contributed by atoms with Gasteiger partial charge in [-0.2, -0.15) is 0 Å². The fourth-order valence-corrected chi connectivity index (χ4v) is 4.58. The van der Waals surface area contributed by atoms with E-state index in [0.29, 0.717) is 4.90 Å². The second kappa shape index (κ2) is 5.97. The lowest BCUT2D eigenvalue weighted by molar-refractivity contribution is 0.602. The van der Waals surface area contributed by atoms with Crippen LogP contribution in [0, 0.1) is 0 Å². The van der Waals surface area contributed by atoms with Gasteiger partial charge in [-0.25, -0.2) is 8.42 Å². The minimum Gasteiger partial charge on any atom is -0.224 e. The van der Waals surface area contributed by atoms with Gasteiger partial charge in [0.05, 0.1) is 4.90 Å². The molecule has 4 heteroatoms. The number of sulfone groups is 1. The van der Waals surface area contributed by atoms with Crippen LogP contribution in [0.15, 0.2) is 82.2 Å². The van der Waals surface area contributed by atoms with Crippen LogP contribution in [0.25, 0.3) is 32.7 Å². The molecule has 0 fully saturated rings. The highest BCUT2D eigenvalue weighted by Crippen LogP contribution is 2.41. The predicted molar refractivity (Wildman–Crippen MR) is 108 cm³/mol. The Kier molecular flexibility index (Phi) is 3.89. The van der Waals surface area contributed by atoms with Crippen LogP contribution in [0.3, 0.4) is 0 Å². The Morgan fingerprint density at radius 1 is 0.680 bits per heavy atom. The van der Waals surface area contributed by atoms with Crippen molar-refractivity contribution in [1.82, 2.24) is 0 Å². The highest BCUT2D eigenvalue weighted by atomic mass is 79.9. The van der Waals surface area contributed by atoms with Crippen LogP contribution >= 0.6 is 15.9 Å². The second-order valence-electron chi connectivity index (χ2n) is 6.08. The molecule has 0 radical (unpaired) electrons. The van der Waals surface area contributed by atoms with Gasteiger partial charge in [0.25, 0.3) is 0 Å². The Morgan fingerprint density at radius 3 is 1.56 bits per heavy atom. The third kappa shape index (κ3) is 2.75. The molecule has 4 rings (SSSR count). The molecular weight excluding hydrogens is 396 g/mol. The summed E-state index contributed by atoms with van der Waals surface area (Å²) in [6.45, 7) is 0. The molecule has 0 N–H and O–H groups in total. The standard InChI is InChI=1S/C21H15BrO2S/c1-25(23,24)15-12-10-14(11-13-15)20-16-6-2-4-8-18(16)21(22)19-9-5-3-7-17(19)20/h2-13H,1H3. The summed E-state index contributed by atoms with van der Waals surface area (Å²) in [5.74, 6) is 0. The average molecular weight is 411 g/mol. The van der Waals surface area contributed by atoms with Gasteiger partial charge in [-0.3, -0.25) is 0 Å².